The molecule has 0 heterocycles. The third-order valence-corrected chi connectivity index (χ3v) is 4.26. The molecule has 0 aromatic heterocycles. The van der Waals surface area contributed by atoms with Gasteiger partial charge in [-0.15, -0.1) is 0 Å². The van der Waals surface area contributed by atoms with Gasteiger partial charge in [0, 0.05) is 16.7 Å². The standard InChI is InChI=1S/C13H16OS/c1-2-15-10-13(7-8-13)12-5-3-11(9-14)4-6-12/h3-6,9H,2,7-8,10H2,1H3. The zero-order valence-corrected chi connectivity index (χ0v) is 9.85. The molecule has 0 bridgehead atoms. The van der Waals surface area contributed by atoms with Crippen LogP contribution in [0.1, 0.15) is 35.7 Å². The Kier molecular flexibility index (Phi) is 3.15. The van der Waals surface area contributed by atoms with Crippen molar-refractivity contribution in [3.63, 3.8) is 0 Å². The van der Waals surface area contributed by atoms with Gasteiger partial charge in [0.05, 0.1) is 0 Å². The first kappa shape index (κ1) is 10.7. The number of thioether (sulfide) groups is 1. The van der Waals surface area contributed by atoms with Gasteiger partial charge in [0.2, 0.25) is 0 Å². The van der Waals surface area contributed by atoms with Crippen molar-refractivity contribution < 1.29 is 4.79 Å². The van der Waals surface area contributed by atoms with Crippen LogP contribution in [0.5, 0.6) is 0 Å². The molecule has 1 aromatic carbocycles. The lowest BCUT2D eigenvalue weighted by Gasteiger charge is -2.14. The van der Waals surface area contributed by atoms with Gasteiger partial charge in [0.1, 0.15) is 6.29 Å². The highest BCUT2D eigenvalue weighted by Gasteiger charge is 2.43. The predicted molar refractivity (Wildman–Crippen MR) is 65.7 cm³/mol. The Labute approximate surface area is 95.3 Å². The lowest BCUT2D eigenvalue weighted by molar-refractivity contribution is 0.112. The molecule has 1 fully saturated rings. The van der Waals surface area contributed by atoms with Crippen LogP contribution in [0, 0.1) is 0 Å². The first-order valence-corrected chi connectivity index (χ1v) is 6.60. The van der Waals surface area contributed by atoms with E-state index in [0.29, 0.717) is 5.41 Å². The molecule has 1 saturated carbocycles. The monoisotopic (exact) mass is 220 g/mol. The summed E-state index contributed by atoms with van der Waals surface area (Å²) in [6.45, 7) is 2.20. The Morgan fingerprint density at radius 3 is 2.47 bits per heavy atom. The maximum Gasteiger partial charge on any atom is 0.150 e. The number of hydrogen-bond acceptors (Lipinski definition) is 2. The van der Waals surface area contributed by atoms with Crippen molar-refractivity contribution in [3.8, 4) is 0 Å². The summed E-state index contributed by atoms with van der Waals surface area (Å²) < 4.78 is 0. The van der Waals surface area contributed by atoms with E-state index >= 15 is 0 Å². The van der Waals surface area contributed by atoms with Gasteiger partial charge in [0.15, 0.2) is 0 Å². The number of carbonyl (C=O) groups excluding carboxylic acids is 1. The van der Waals surface area contributed by atoms with E-state index in [9.17, 15) is 4.79 Å². The van der Waals surface area contributed by atoms with E-state index in [4.69, 9.17) is 0 Å². The van der Waals surface area contributed by atoms with Crippen LogP contribution >= 0.6 is 11.8 Å². The summed E-state index contributed by atoms with van der Waals surface area (Å²) in [6.07, 6.45) is 3.52. The molecule has 2 heteroatoms. The Bertz CT molecular complexity index is 338. The molecule has 0 N–H and O–H groups in total. The molecule has 1 aliphatic rings. The number of aldehydes is 1. The molecule has 1 aliphatic carbocycles. The minimum Gasteiger partial charge on any atom is -0.298 e. The number of hydrogen-bond donors (Lipinski definition) is 0. The molecule has 0 radical (unpaired) electrons. The second-order valence-corrected chi connectivity index (χ2v) is 5.43. The van der Waals surface area contributed by atoms with Gasteiger partial charge < -0.3 is 0 Å². The normalized spacial score (nSPS) is 17.4. The van der Waals surface area contributed by atoms with Gasteiger partial charge >= 0.3 is 0 Å². The number of carbonyl (C=O) groups is 1. The van der Waals surface area contributed by atoms with Crippen molar-refractivity contribution in [1.29, 1.82) is 0 Å². The Hall–Kier alpha value is -0.760. The van der Waals surface area contributed by atoms with Crippen LogP contribution in [0.3, 0.4) is 0 Å². The largest absolute Gasteiger partial charge is 0.298 e. The highest BCUT2D eigenvalue weighted by molar-refractivity contribution is 7.99. The highest BCUT2D eigenvalue weighted by Crippen LogP contribution is 2.50. The molecular weight excluding hydrogens is 204 g/mol. The van der Waals surface area contributed by atoms with Crippen LogP contribution in [-0.4, -0.2) is 17.8 Å². The average Bonchev–Trinajstić information content (AvgIpc) is 3.08. The minimum atomic E-state index is 0.433. The molecular formula is C13H16OS. The summed E-state index contributed by atoms with van der Waals surface area (Å²) in [5.41, 5.74) is 2.62. The van der Waals surface area contributed by atoms with E-state index in [2.05, 4.69) is 19.1 Å². The van der Waals surface area contributed by atoms with Crippen LogP contribution in [0.15, 0.2) is 24.3 Å². The number of benzene rings is 1. The molecule has 2 rings (SSSR count). The third-order valence-electron chi connectivity index (χ3n) is 3.10. The second kappa shape index (κ2) is 4.40. The zero-order valence-electron chi connectivity index (χ0n) is 9.03. The van der Waals surface area contributed by atoms with Crippen molar-refractivity contribution in [2.24, 2.45) is 0 Å². The predicted octanol–water partition coefficient (Wildman–Crippen LogP) is 3.28. The van der Waals surface area contributed by atoms with Crippen LogP contribution in [0.25, 0.3) is 0 Å². The Balaban J connectivity index is 2.11. The molecule has 0 aliphatic heterocycles. The quantitative estimate of drug-likeness (QED) is 0.708. The van der Waals surface area contributed by atoms with E-state index in [-0.39, 0.29) is 0 Å². The van der Waals surface area contributed by atoms with Gasteiger partial charge in [-0.2, -0.15) is 11.8 Å². The fourth-order valence-corrected chi connectivity index (χ4v) is 2.93. The topological polar surface area (TPSA) is 17.1 Å². The maximum absolute atomic E-state index is 10.6. The Morgan fingerprint density at radius 1 is 1.33 bits per heavy atom. The van der Waals surface area contributed by atoms with Crippen molar-refractivity contribution >= 4 is 18.0 Å². The lowest BCUT2D eigenvalue weighted by Crippen LogP contribution is -2.10. The molecule has 0 unspecified atom stereocenters. The van der Waals surface area contributed by atoms with E-state index in [1.807, 2.05) is 23.9 Å². The van der Waals surface area contributed by atoms with Gasteiger partial charge in [-0.05, 0) is 24.2 Å². The van der Waals surface area contributed by atoms with E-state index in [1.54, 1.807) is 0 Å². The van der Waals surface area contributed by atoms with Crippen LogP contribution in [0.4, 0.5) is 0 Å². The van der Waals surface area contributed by atoms with Crippen molar-refractivity contribution in [2.75, 3.05) is 11.5 Å². The molecule has 0 spiro atoms. The molecule has 0 amide bonds. The van der Waals surface area contributed by atoms with E-state index in [0.717, 1.165) is 11.8 Å². The SMILES string of the molecule is CCSCC1(c2ccc(C=O)cc2)CC1. The van der Waals surface area contributed by atoms with E-state index < -0.39 is 0 Å². The summed E-state index contributed by atoms with van der Waals surface area (Å²) in [4.78, 5) is 10.6. The van der Waals surface area contributed by atoms with Crippen molar-refractivity contribution in [2.45, 2.75) is 25.2 Å². The maximum atomic E-state index is 10.6. The van der Waals surface area contributed by atoms with Crippen molar-refractivity contribution in [3.05, 3.63) is 35.4 Å². The first-order chi connectivity index (χ1) is 7.30. The van der Waals surface area contributed by atoms with Gasteiger partial charge in [-0.3, -0.25) is 4.79 Å². The molecule has 80 valence electrons. The molecule has 1 aromatic rings. The summed E-state index contributed by atoms with van der Waals surface area (Å²) in [6, 6.07) is 8.10. The van der Waals surface area contributed by atoms with Gasteiger partial charge in [-0.1, -0.05) is 31.2 Å². The second-order valence-electron chi connectivity index (χ2n) is 4.16. The number of rotatable bonds is 5. The minimum absolute atomic E-state index is 0.433. The fraction of sp³-hybridized carbons (Fsp3) is 0.462. The molecule has 0 atom stereocenters. The van der Waals surface area contributed by atoms with Crippen LogP contribution < -0.4 is 0 Å². The van der Waals surface area contributed by atoms with E-state index in [1.165, 1.54) is 29.9 Å². The molecule has 1 nitrogen and oxygen atoms in total. The third kappa shape index (κ3) is 2.25. The smallest absolute Gasteiger partial charge is 0.150 e. The fourth-order valence-electron chi connectivity index (χ4n) is 1.88. The Morgan fingerprint density at radius 2 is 2.00 bits per heavy atom. The van der Waals surface area contributed by atoms with Crippen LogP contribution in [-0.2, 0) is 5.41 Å². The highest BCUT2D eigenvalue weighted by atomic mass is 32.2. The zero-order chi connectivity index (χ0) is 10.7. The molecule has 15 heavy (non-hydrogen) atoms. The van der Waals surface area contributed by atoms with Gasteiger partial charge in [0.25, 0.3) is 0 Å². The summed E-state index contributed by atoms with van der Waals surface area (Å²) in [7, 11) is 0. The average molecular weight is 220 g/mol. The van der Waals surface area contributed by atoms with Crippen LogP contribution in [0.2, 0.25) is 0 Å². The first-order valence-electron chi connectivity index (χ1n) is 5.44. The molecule has 0 saturated heterocycles. The van der Waals surface area contributed by atoms with Crippen molar-refractivity contribution in [1.82, 2.24) is 0 Å². The summed E-state index contributed by atoms with van der Waals surface area (Å²) >= 11 is 2.01. The lowest BCUT2D eigenvalue weighted by atomic mass is 9.97. The van der Waals surface area contributed by atoms with Gasteiger partial charge in [-0.25, -0.2) is 0 Å². The summed E-state index contributed by atoms with van der Waals surface area (Å²) in [5.74, 6) is 2.41. The summed E-state index contributed by atoms with van der Waals surface area (Å²) in [5, 5.41) is 0.